The van der Waals surface area contributed by atoms with Crippen LogP contribution < -0.4 is 11.1 Å². The molecular weight excluding hydrogens is 335 g/mol. The number of aryl methyl sites for hydroxylation is 1. The third-order valence-corrected chi connectivity index (χ3v) is 4.43. The molecule has 2 amide bonds. The maximum atomic E-state index is 13.1. The Morgan fingerprint density at radius 3 is 2.69 bits per heavy atom. The largest absolute Gasteiger partial charge is 0.396 e. The van der Waals surface area contributed by atoms with E-state index in [0.717, 1.165) is 16.8 Å². The number of nitrogens with two attached hydrogens (primary N) is 1. The van der Waals surface area contributed by atoms with Gasteiger partial charge in [-0.25, -0.2) is 14.2 Å². The van der Waals surface area contributed by atoms with Gasteiger partial charge in [0.05, 0.1) is 36.4 Å². The van der Waals surface area contributed by atoms with E-state index in [1.54, 1.807) is 40.0 Å². The van der Waals surface area contributed by atoms with Crippen LogP contribution in [-0.4, -0.2) is 25.7 Å². The van der Waals surface area contributed by atoms with E-state index >= 15 is 0 Å². The number of pyridine rings is 1. The molecule has 0 spiro atoms. The van der Waals surface area contributed by atoms with E-state index in [9.17, 15) is 9.18 Å². The molecule has 1 aliphatic heterocycles. The summed E-state index contributed by atoms with van der Waals surface area (Å²) in [4.78, 5) is 18.7. The van der Waals surface area contributed by atoms with Gasteiger partial charge in [-0.2, -0.15) is 5.10 Å². The first kappa shape index (κ1) is 16.1. The molecule has 3 heterocycles. The van der Waals surface area contributed by atoms with Crippen molar-refractivity contribution in [2.45, 2.75) is 13.1 Å². The van der Waals surface area contributed by atoms with Gasteiger partial charge in [0, 0.05) is 18.2 Å². The fourth-order valence-corrected chi connectivity index (χ4v) is 2.96. The standard InChI is InChI=1S/C18H17FN6O/c1-24-16-10-25(9-12(16)8-21-24)18(26)23-17-14(20)6-7-15(22-17)11-2-4-13(19)5-3-11/h2-8H,9-10,20H2,1H3,(H,22,23,26). The first-order valence-electron chi connectivity index (χ1n) is 8.09. The van der Waals surface area contributed by atoms with Gasteiger partial charge in [-0.1, -0.05) is 0 Å². The molecule has 0 aliphatic carbocycles. The van der Waals surface area contributed by atoms with Gasteiger partial charge >= 0.3 is 6.03 Å². The van der Waals surface area contributed by atoms with Crippen molar-refractivity contribution < 1.29 is 9.18 Å². The molecule has 1 aromatic carbocycles. The number of hydrogen-bond donors (Lipinski definition) is 2. The van der Waals surface area contributed by atoms with Gasteiger partial charge in [0.2, 0.25) is 0 Å². The summed E-state index contributed by atoms with van der Waals surface area (Å²) >= 11 is 0. The molecule has 26 heavy (non-hydrogen) atoms. The molecule has 8 heteroatoms. The summed E-state index contributed by atoms with van der Waals surface area (Å²) in [5.74, 6) is -0.0354. The second kappa shape index (κ2) is 6.14. The highest BCUT2D eigenvalue weighted by atomic mass is 19.1. The van der Waals surface area contributed by atoms with E-state index in [1.807, 2.05) is 7.05 Å². The van der Waals surface area contributed by atoms with Crippen LogP contribution in [0, 0.1) is 5.82 Å². The van der Waals surface area contributed by atoms with Crippen molar-refractivity contribution in [1.82, 2.24) is 19.7 Å². The number of aromatic nitrogens is 3. The van der Waals surface area contributed by atoms with Crippen LogP contribution in [0.25, 0.3) is 11.3 Å². The molecule has 4 rings (SSSR count). The summed E-state index contributed by atoms with van der Waals surface area (Å²) in [6.45, 7) is 0.974. The Balaban J connectivity index is 1.53. The Bertz CT molecular complexity index is 982. The molecule has 0 atom stereocenters. The minimum Gasteiger partial charge on any atom is -0.396 e. The van der Waals surface area contributed by atoms with E-state index in [2.05, 4.69) is 15.4 Å². The number of nitrogens with one attached hydrogen (secondary N) is 1. The fraction of sp³-hybridized carbons (Fsp3) is 0.167. The summed E-state index contributed by atoms with van der Waals surface area (Å²) < 4.78 is 14.9. The van der Waals surface area contributed by atoms with Crippen LogP contribution in [0.3, 0.4) is 0 Å². The Morgan fingerprint density at radius 1 is 1.19 bits per heavy atom. The molecule has 0 saturated heterocycles. The summed E-state index contributed by atoms with van der Waals surface area (Å²) in [6.07, 6.45) is 1.77. The van der Waals surface area contributed by atoms with Crippen molar-refractivity contribution in [1.29, 1.82) is 0 Å². The van der Waals surface area contributed by atoms with Crippen molar-refractivity contribution in [3.05, 3.63) is 59.7 Å². The predicted molar refractivity (Wildman–Crippen MR) is 95.5 cm³/mol. The highest BCUT2D eigenvalue weighted by Crippen LogP contribution is 2.26. The minimum absolute atomic E-state index is 0.281. The molecule has 132 valence electrons. The molecule has 7 nitrogen and oxygen atoms in total. The van der Waals surface area contributed by atoms with Crippen molar-refractivity contribution in [3.63, 3.8) is 0 Å². The number of amides is 2. The van der Waals surface area contributed by atoms with Crippen molar-refractivity contribution in [3.8, 4) is 11.3 Å². The number of benzene rings is 1. The summed E-state index contributed by atoms with van der Waals surface area (Å²) in [6, 6.07) is 9.10. The number of rotatable bonds is 2. The summed E-state index contributed by atoms with van der Waals surface area (Å²) in [7, 11) is 1.85. The fourth-order valence-electron chi connectivity index (χ4n) is 2.96. The number of hydrogen-bond acceptors (Lipinski definition) is 4. The molecule has 0 saturated carbocycles. The van der Waals surface area contributed by atoms with Gasteiger partial charge in [0.1, 0.15) is 5.82 Å². The normalized spacial score (nSPS) is 12.9. The smallest absolute Gasteiger partial charge is 0.323 e. The zero-order chi connectivity index (χ0) is 18.3. The predicted octanol–water partition coefficient (Wildman–Crippen LogP) is 2.75. The molecule has 0 bridgehead atoms. The summed E-state index contributed by atoms with van der Waals surface area (Å²) in [5, 5.41) is 6.95. The third-order valence-electron chi connectivity index (χ3n) is 4.43. The second-order valence-corrected chi connectivity index (χ2v) is 6.17. The quantitative estimate of drug-likeness (QED) is 0.742. The van der Waals surface area contributed by atoms with E-state index < -0.39 is 0 Å². The van der Waals surface area contributed by atoms with E-state index in [1.165, 1.54) is 12.1 Å². The number of fused-ring (bicyclic) bond motifs is 1. The van der Waals surface area contributed by atoms with E-state index in [-0.39, 0.29) is 17.7 Å². The minimum atomic E-state index is -0.319. The second-order valence-electron chi connectivity index (χ2n) is 6.17. The van der Waals surface area contributed by atoms with Gasteiger partial charge in [0.15, 0.2) is 5.82 Å². The first-order valence-corrected chi connectivity index (χ1v) is 8.09. The van der Waals surface area contributed by atoms with E-state index in [0.29, 0.717) is 24.5 Å². The lowest BCUT2D eigenvalue weighted by molar-refractivity contribution is 0.211. The number of anilines is 2. The van der Waals surface area contributed by atoms with Crippen LogP contribution in [0.15, 0.2) is 42.6 Å². The van der Waals surface area contributed by atoms with Gasteiger partial charge in [-0.3, -0.25) is 10.00 Å². The number of nitrogens with zero attached hydrogens (tertiary/aromatic N) is 4. The lowest BCUT2D eigenvalue weighted by Gasteiger charge is -2.17. The maximum absolute atomic E-state index is 13.1. The Labute approximate surface area is 149 Å². The van der Waals surface area contributed by atoms with Crippen LogP contribution in [0.4, 0.5) is 20.7 Å². The zero-order valence-electron chi connectivity index (χ0n) is 14.1. The SMILES string of the molecule is Cn1ncc2c1CN(C(=O)Nc1nc(-c3ccc(F)cc3)ccc1N)C2. The average molecular weight is 352 g/mol. The van der Waals surface area contributed by atoms with Gasteiger partial charge in [-0.15, -0.1) is 0 Å². The molecule has 3 N–H and O–H groups in total. The van der Waals surface area contributed by atoms with Crippen molar-refractivity contribution >= 4 is 17.5 Å². The Hall–Kier alpha value is -3.42. The average Bonchev–Trinajstić information content (AvgIpc) is 3.20. The lowest BCUT2D eigenvalue weighted by Crippen LogP contribution is -2.31. The number of nitrogen functional groups attached to an aromatic ring is 1. The highest BCUT2D eigenvalue weighted by Gasteiger charge is 2.26. The topological polar surface area (TPSA) is 89.1 Å². The third kappa shape index (κ3) is 2.85. The van der Waals surface area contributed by atoms with Crippen LogP contribution in [0.2, 0.25) is 0 Å². The lowest BCUT2D eigenvalue weighted by atomic mass is 10.1. The monoisotopic (exact) mass is 352 g/mol. The van der Waals surface area contributed by atoms with Gasteiger partial charge in [-0.05, 0) is 36.4 Å². The maximum Gasteiger partial charge on any atom is 0.323 e. The number of carbonyl (C=O) groups excluding carboxylic acids is 1. The van der Waals surface area contributed by atoms with Crippen LogP contribution in [0.1, 0.15) is 11.3 Å². The van der Waals surface area contributed by atoms with Crippen LogP contribution >= 0.6 is 0 Å². The van der Waals surface area contributed by atoms with Crippen LogP contribution in [0.5, 0.6) is 0 Å². The van der Waals surface area contributed by atoms with Gasteiger partial charge in [0.25, 0.3) is 0 Å². The number of urea groups is 1. The van der Waals surface area contributed by atoms with Crippen molar-refractivity contribution in [2.24, 2.45) is 7.05 Å². The number of halogens is 1. The highest BCUT2D eigenvalue weighted by molar-refractivity contribution is 5.92. The Morgan fingerprint density at radius 2 is 1.96 bits per heavy atom. The molecule has 3 aromatic rings. The molecular formula is C18H17FN6O. The van der Waals surface area contributed by atoms with E-state index in [4.69, 9.17) is 5.73 Å². The number of carbonyl (C=O) groups is 1. The summed E-state index contributed by atoms with van der Waals surface area (Å²) in [5.41, 5.74) is 9.70. The zero-order valence-corrected chi connectivity index (χ0v) is 14.1. The first-order chi connectivity index (χ1) is 12.5. The molecule has 0 fully saturated rings. The molecule has 0 radical (unpaired) electrons. The Kier molecular flexibility index (Phi) is 3.80. The molecule has 2 aromatic heterocycles. The van der Waals surface area contributed by atoms with Gasteiger partial charge < -0.3 is 10.6 Å². The van der Waals surface area contributed by atoms with Crippen molar-refractivity contribution in [2.75, 3.05) is 11.1 Å². The molecule has 1 aliphatic rings. The molecule has 0 unspecified atom stereocenters. The van der Waals surface area contributed by atoms with Crippen LogP contribution in [-0.2, 0) is 20.1 Å².